The molecule has 1 aliphatic heterocycles. The Balaban J connectivity index is 1.56. The molecule has 21 heavy (non-hydrogen) atoms. The number of thioether (sulfide) groups is 1. The first-order valence-electron chi connectivity index (χ1n) is 6.80. The van der Waals surface area contributed by atoms with Crippen LogP contribution in [-0.4, -0.2) is 10.2 Å². The lowest BCUT2D eigenvalue weighted by Gasteiger charge is -2.18. The lowest BCUT2D eigenvalue weighted by atomic mass is 10.1. The number of rotatable bonds is 4. The molecule has 0 saturated carbocycles. The van der Waals surface area contributed by atoms with Gasteiger partial charge in [-0.15, -0.1) is 23.4 Å². The van der Waals surface area contributed by atoms with Crippen molar-refractivity contribution in [1.82, 2.24) is 0 Å². The van der Waals surface area contributed by atoms with Crippen LogP contribution in [0.3, 0.4) is 0 Å². The number of benzene rings is 2. The van der Waals surface area contributed by atoms with Crippen LogP contribution in [0, 0.1) is 0 Å². The quantitative estimate of drug-likeness (QED) is 0.617. The normalized spacial score (nSPS) is 20.0. The Labute approximate surface area is 133 Å². The Morgan fingerprint density at radius 1 is 1.14 bits per heavy atom. The summed E-state index contributed by atoms with van der Waals surface area (Å²) in [5.74, 6) is -0.255. The van der Waals surface area contributed by atoms with Crippen molar-refractivity contribution in [2.24, 2.45) is 0 Å². The Bertz CT molecular complexity index is 617. The van der Waals surface area contributed by atoms with Gasteiger partial charge in [0.2, 0.25) is 0 Å². The average molecular weight is 319 g/mol. The van der Waals surface area contributed by atoms with E-state index >= 15 is 0 Å². The lowest BCUT2D eigenvalue weighted by Crippen LogP contribution is -2.22. The van der Waals surface area contributed by atoms with Crippen molar-refractivity contribution in [3.05, 3.63) is 65.7 Å². The molecular weight excluding hydrogens is 304 g/mol. The van der Waals surface area contributed by atoms with Crippen LogP contribution in [0.4, 0.5) is 0 Å². The number of hydrogen-bond donors (Lipinski definition) is 0. The molecule has 0 spiro atoms. The third-order valence-corrected chi connectivity index (χ3v) is 5.14. The number of carbonyl (C=O) groups excluding carboxylic acids is 1. The second-order valence-electron chi connectivity index (χ2n) is 5.09. The number of carbonyl (C=O) groups is 1. The third kappa shape index (κ3) is 3.60. The van der Waals surface area contributed by atoms with Gasteiger partial charge in [-0.05, 0) is 17.2 Å². The zero-order valence-electron chi connectivity index (χ0n) is 11.4. The maximum atomic E-state index is 12.0. The van der Waals surface area contributed by atoms with Gasteiger partial charge in [0, 0.05) is 11.3 Å². The summed E-state index contributed by atoms with van der Waals surface area (Å²) >= 11 is 8.13. The largest absolute Gasteiger partial charge is 0.461 e. The van der Waals surface area contributed by atoms with E-state index in [0.29, 0.717) is 13.0 Å². The van der Waals surface area contributed by atoms with Gasteiger partial charge in [0.25, 0.3) is 0 Å². The minimum Gasteiger partial charge on any atom is -0.461 e. The summed E-state index contributed by atoms with van der Waals surface area (Å²) in [5, 5.41) is 0. The summed E-state index contributed by atoms with van der Waals surface area (Å²) in [5.41, 5.74) is 2.19. The third-order valence-electron chi connectivity index (χ3n) is 3.37. The highest BCUT2D eigenvalue weighted by Crippen LogP contribution is 2.49. The first-order chi connectivity index (χ1) is 10.1. The van der Waals surface area contributed by atoms with E-state index < -0.39 is 4.21 Å². The Morgan fingerprint density at radius 2 is 1.86 bits per heavy atom. The number of halogens is 1. The van der Waals surface area contributed by atoms with Crippen molar-refractivity contribution in [3.63, 3.8) is 0 Å². The topological polar surface area (TPSA) is 26.3 Å². The van der Waals surface area contributed by atoms with Crippen LogP contribution in [0.5, 0.6) is 0 Å². The summed E-state index contributed by atoms with van der Waals surface area (Å²) in [6, 6.07) is 17.7. The van der Waals surface area contributed by atoms with Gasteiger partial charge in [-0.1, -0.05) is 48.5 Å². The molecule has 1 unspecified atom stereocenters. The summed E-state index contributed by atoms with van der Waals surface area (Å²) in [6.45, 7) is 0.296. The summed E-state index contributed by atoms with van der Waals surface area (Å²) in [6.07, 6.45) is 0.899. The van der Waals surface area contributed by atoms with Crippen LogP contribution >= 0.6 is 23.4 Å². The molecule has 2 aromatic carbocycles. The van der Waals surface area contributed by atoms with E-state index in [0.717, 1.165) is 10.5 Å². The van der Waals surface area contributed by atoms with Gasteiger partial charge in [0.05, 0.1) is 6.42 Å². The van der Waals surface area contributed by atoms with Crippen LogP contribution < -0.4 is 0 Å². The lowest BCUT2D eigenvalue weighted by molar-refractivity contribution is -0.145. The molecule has 0 bridgehead atoms. The highest BCUT2D eigenvalue weighted by molar-refractivity contribution is 8.02. The van der Waals surface area contributed by atoms with E-state index in [2.05, 4.69) is 6.07 Å². The van der Waals surface area contributed by atoms with E-state index in [1.54, 1.807) is 11.8 Å². The monoisotopic (exact) mass is 318 g/mol. The predicted octanol–water partition coefficient (Wildman–Crippen LogP) is 4.40. The highest BCUT2D eigenvalue weighted by Gasteiger charge is 2.38. The maximum Gasteiger partial charge on any atom is 0.308 e. The molecule has 3 rings (SSSR count). The predicted molar refractivity (Wildman–Crippen MR) is 85.4 cm³/mol. The first kappa shape index (κ1) is 14.5. The Kier molecular flexibility index (Phi) is 4.22. The van der Waals surface area contributed by atoms with Crippen LogP contribution in [0.1, 0.15) is 17.5 Å². The number of alkyl halides is 1. The molecule has 0 amide bonds. The van der Waals surface area contributed by atoms with E-state index in [4.69, 9.17) is 16.3 Å². The van der Waals surface area contributed by atoms with Gasteiger partial charge in [-0.3, -0.25) is 4.79 Å². The minimum absolute atomic E-state index is 0.209. The fraction of sp³-hybridized carbons (Fsp3) is 0.235. The number of fused-ring (bicyclic) bond motifs is 1. The molecule has 0 fully saturated rings. The molecule has 0 saturated heterocycles. The highest BCUT2D eigenvalue weighted by atomic mass is 35.5. The van der Waals surface area contributed by atoms with Crippen LogP contribution in [0.15, 0.2) is 59.5 Å². The Hall–Kier alpha value is -1.45. The number of ether oxygens (including phenoxy) is 1. The molecule has 0 radical (unpaired) electrons. The maximum absolute atomic E-state index is 12.0. The van der Waals surface area contributed by atoms with E-state index in [9.17, 15) is 4.79 Å². The van der Waals surface area contributed by atoms with E-state index in [1.165, 1.54) is 5.56 Å². The van der Waals surface area contributed by atoms with Gasteiger partial charge in [-0.25, -0.2) is 0 Å². The molecule has 1 atom stereocenters. The van der Waals surface area contributed by atoms with Crippen molar-refractivity contribution in [1.29, 1.82) is 0 Å². The fourth-order valence-electron chi connectivity index (χ4n) is 2.37. The Morgan fingerprint density at radius 3 is 2.62 bits per heavy atom. The van der Waals surface area contributed by atoms with Gasteiger partial charge in [0.1, 0.15) is 10.8 Å². The molecule has 2 nitrogen and oxygen atoms in total. The zero-order valence-corrected chi connectivity index (χ0v) is 13.0. The van der Waals surface area contributed by atoms with E-state index in [1.807, 2.05) is 48.5 Å². The first-order valence-corrected chi connectivity index (χ1v) is 7.99. The van der Waals surface area contributed by atoms with Crippen molar-refractivity contribution in [2.45, 2.75) is 28.6 Å². The second-order valence-corrected chi connectivity index (χ2v) is 7.47. The fourth-order valence-corrected chi connectivity index (χ4v) is 4.10. The molecule has 1 aliphatic rings. The van der Waals surface area contributed by atoms with Crippen molar-refractivity contribution in [3.8, 4) is 0 Å². The average Bonchev–Trinajstić information content (AvgIpc) is 2.81. The number of hydrogen-bond acceptors (Lipinski definition) is 3. The SMILES string of the molecule is O=C(CC1(Cl)Cc2ccccc2S1)OCc1ccccc1. The molecule has 0 aromatic heterocycles. The van der Waals surface area contributed by atoms with Crippen LogP contribution in [0.2, 0.25) is 0 Å². The smallest absolute Gasteiger partial charge is 0.308 e. The minimum atomic E-state index is -0.614. The summed E-state index contributed by atoms with van der Waals surface area (Å²) in [4.78, 5) is 13.2. The van der Waals surface area contributed by atoms with Crippen molar-refractivity contribution >= 4 is 29.3 Å². The van der Waals surface area contributed by atoms with Crippen molar-refractivity contribution in [2.75, 3.05) is 0 Å². The summed E-state index contributed by atoms with van der Waals surface area (Å²) in [7, 11) is 0. The van der Waals surface area contributed by atoms with Gasteiger partial charge in [0.15, 0.2) is 0 Å². The molecule has 108 valence electrons. The molecule has 0 aliphatic carbocycles. The molecule has 1 heterocycles. The molecule has 0 N–H and O–H groups in total. The van der Waals surface area contributed by atoms with Crippen LogP contribution in [-0.2, 0) is 22.6 Å². The van der Waals surface area contributed by atoms with Gasteiger partial charge in [-0.2, -0.15) is 0 Å². The molecular formula is C17H15ClO2S. The van der Waals surface area contributed by atoms with Gasteiger partial charge >= 0.3 is 5.97 Å². The molecule has 2 aromatic rings. The second kappa shape index (κ2) is 6.12. The molecule has 4 heteroatoms. The number of esters is 1. The van der Waals surface area contributed by atoms with E-state index in [-0.39, 0.29) is 12.4 Å². The standard InChI is InChI=1S/C17H15ClO2S/c18-17(10-14-8-4-5-9-15(14)21-17)11-16(19)20-12-13-6-2-1-3-7-13/h1-9H,10-12H2. The van der Waals surface area contributed by atoms with Crippen LogP contribution in [0.25, 0.3) is 0 Å². The van der Waals surface area contributed by atoms with Crippen molar-refractivity contribution < 1.29 is 9.53 Å². The van der Waals surface area contributed by atoms with Gasteiger partial charge < -0.3 is 4.74 Å². The summed E-state index contributed by atoms with van der Waals surface area (Å²) < 4.78 is 4.70. The zero-order chi connectivity index (χ0) is 14.7.